The summed E-state index contributed by atoms with van der Waals surface area (Å²) < 4.78 is 3.86. The molecule has 0 aliphatic carbocycles. The summed E-state index contributed by atoms with van der Waals surface area (Å²) >= 11 is 6.13. The van der Waals surface area contributed by atoms with Gasteiger partial charge in [-0.05, 0) is 6.42 Å². The van der Waals surface area contributed by atoms with Crippen molar-refractivity contribution < 1.29 is 0 Å². The van der Waals surface area contributed by atoms with Crippen LogP contribution in [0.4, 0.5) is 0 Å². The van der Waals surface area contributed by atoms with E-state index in [-0.39, 0.29) is 0 Å². The maximum Gasteiger partial charge on any atom is 0.153 e. The summed E-state index contributed by atoms with van der Waals surface area (Å²) in [5.41, 5.74) is 1.02. The van der Waals surface area contributed by atoms with Gasteiger partial charge in [0.25, 0.3) is 0 Å². The maximum absolute atomic E-state index is 6.13. The van der Waals surface area contributed by atoms with Gasteiger partial charge in [-0.15, -0.1) is 0 Å². The second-order valence-electron chi connectivity index (χ2n) is 5.90. The molecule has 2 aromatic heterocycles. The number of aromatic nitrogens is 5. The van der Waals surface area contributed by atoms with Crippen molar-refractivity contribution in [3.8, 4) is 0 Å². The summed E-state index contributed by atoms with van der Waals surface area (Å²) in [6.45, 7) is 5.84. The number of halogens is 1. The van der Waals surface area contributed by atoms with Crippen LogP contribution in [0.3, 0.4) is 0 Å². The minimum atomic E-state index is 0.378. The van der Waals surface area contributed by atoms with Crippen LogP contribution in [-0.2, 0) is 26.6 Å². The van der Waals surface area contributed by atoms with Gasteiger partial charge < -0.3 is 5.32 Å². The Hall–Kier alpha value is -1.40. The first-order valence-corrected chi connectivity index (χ1v) is 7.75. The normalized spacial score (nSPS) is 18.2. The van der Waals surface area contributed by atoms with Crippen molar-refractivity contribution in [2.24, 2.45) is 7.05 Å². The molecular weight excluding hydrogens is 288 g/mol. The zero-order chi connectivity index (χ0) is 15.0. The molecule has 2 aromatic rings. The monoisotopic (exact) mass is 308 g/mol. The Kier molecular flexibility index (Phi) is 3.99. The molecule has 0 amide bonds. The van der Waals surface area contributed by atoms with Crippen molar-refractivity contribution in [1.82, 2.24) is 29.9 Å². The van der Waals surface area contributed by atoms with Crippen LogP contribution in [0.15, 0.2) is 6.20 Å². The van der Waals surface area contributed by atoms with Crippen LogP contribution in [0.25, 0.3) is 0 Å². The molecule has 3 rings (SSSR count). The van der Waals surface area contributed by atoms with Gasteiger partial charge in [-0.3, -0.25) is 4.68 Å². The zero-order valence-electron chi connectivity index (χ0n) is 12.7. The Morgan fingerprint density at radius 2 is 2.29 bits per heavy atom. The Balaban J connectivity index is 1.64. The predicted molar refractivity (Wildman–Crippen MR) is 81.3 cm³/mol. The number of aryl methyl sites for hydroxylation is 2. The van der Waals surface area contributed by atoms with Gasteiger partial charge in [0.15, 0.2) is 5.82 Å². The topological polar surface area (TPSA) is 60.6 Å². The van der Waals surface area contributed by atoms with Gasteiger partial charge >= 0.3 is 0 Å². The molecule has 1 N–H and O–H groups in total. The molecule has 0 radical (unpaired) electrons. The van der Waals surface area contributed by atoms with E-state index >= 15 is 0 Å². The highest BCUT2D eigenvalue weighted by Crippen LogP contribution is 2.18. The third-order valence-corrected chi connectivity index (χ3v) is 4.28. The van der Waals surface area contributed by atoms with E-state index in [1.165, 1.54) is 0 Å². The van der Waals surface area contributed by atoms with Crippen LogP contribution in [0.2, 0.25) is 5.02 Å². The number of hydrogen-bond donors (Lipinski definition) is 1. The molecule has 0 fully saturated rings. The van der Waals surface area contributed by atoms with Crippen LogP contribution >= 0.6 is 11.6 Å². The van der Waals surface area contributed by atoms with E-state index in [1.807, 2.05) is 16.4 Å². The van der Waals surface area contributed by atoms with Gasteiger partial charge in [-0.25, -0.2) is 9.67 Å². The summed E-state index contributed by atoms with van der Waals surface area (Å²) in [5.74, 6) is 2.43. The first-order chi connectivity index (χ1) is 10.0. The summed E-state index contributed by atoms with van der Waals surface area (Å²) in [7, 11) is 1.91. The standard InChI is InChI=1S/C14H21ClN6/c1-9(2)14-18-13-5-4-10(8-21(13)19-14)16-7-12-11(15)6-17-20(12)3/h6,9-10,16H,4-5,7-8H2,1-3H3/t10-/m1/s1. The Morgan fingerprint density at radius 1 is 1.48 bits per heavy atom. The lowest BCUT2D eigenvalue weighted by Gasteiger charge is -2.23. The number of hydrogen-bond acceptors (Lipinski definition) is 4. The third-order valence-electron chi connectivity index (χ3n) is 3.96. The van der Waals surface area contributed by atoms with Gasteiger partial charge in [0.2, 0.25) is 0 Å². The van der Waals surface area contributed by atoms with E-state index in [0.717, 1.165) is 43.3 Å². The fourth-order valence-electron chi connectivity index (χ4n) is 2.62. The molecule has 114 valence electrons. The zero-order valence-corrected chi connectivity index (χ0v) is 13.4. The summed E-state index contributed by atoms with van der Waals surface area (Å²) in [5, 5.41) is 13.0. The Labute approximate surface area is 129 Å². The number of nitrogens with zero attached hydrogens (tertiary/aromatic N) is 5. The highest BCUT2D eigenvalue weighted by molar-refractivity contribution is 6.31. The van der Waals surface area contributed by atoms with Crippen LogP contribution < -0.4 is 5.32 Å². The van der Waals surface area contributed by atoms with E-state index in [9.17, 15) is 0 Å². The van der Waals surface area contributed by atoms with Crippen LogP contribution in [0.1, 0.15) is 43.5 Å². The smallest absolute Gasteiger partial charge is 0.153 e. The van der Waals surface area contributed by atoms with E-state index in [0.29, 0.717) is 17.0 Å². The van der Waals surface area contributed by atoms with Gasteiger partial charge in [0.05, 0.1) is 23.5 Å². The molecule has 0 saturated carbocycles. The van der Waals surface area contributed by atoms with Gasteiger partial charge in [0, 0.05) is 32.0 Å². The summed E-state index contributed by atoms with van der Waals surface area (Å²) in [6, 6.07) is 0.394. The third kappa shape index (κ3) is 2.96. The molecule has 3 heterocycles. The van der Waals surface area contributed by atoms with Crippen LogP contribution in [-0.4, -0.2) is 30.6 Å². The summed E-state index contributed by atoms with van der Waals surface area (Å²) in [4.78, 5) is 4.61. The van der Waals surface area contributed by atoms with Crippen molar-refractivity contribution >= 4 is 11.6 Å². The lowest BCUT2D eigenvalue weighted by Crippen LogP contribution is -2.37. The maximum atomic E-state index is 6.13. The number of rotatable bonds is 4. The van der Waals surface area contributed by atoms with Crippen molar-refractivity contribution in [3.63, 3.8) is 0 Å². The average Bonchev–Trinajstić information content (AvgIpc) is 3.01. The van der Waals surface area contributed by atoms with Crippen molar-refractivity contribution in [2.75, 3.05) is 0 Å². The SMILES string of the molecule is CC(C)c1nc2n(n1)C[C@H](NCc1c(Cl)cnn1C)CC2. The first-order valence-electron chi connectivity index (χ1n) is 7.38. The second kappa shape index (κ2) is 5.77. The molecule has 21 heavy (non-hydrogen) atoms. The molecule has 0 aromatic carbocycles. The molecule has 1 aliphatic heterocycles. The Morgan fingerprint density at radius 3 is 2.95 bits per heavy atom. The molecule has 0 spiro atoms. The highest BCUT2D eigenvalue weighted by Gasteiger charge is 2.22. The van der Waals surface area contributed by atoms with E-state index in [4.69, 9.17) is 11.6 Å². The summed E-state index contributed by atoms with van der Waals surface area (Å²) in [6.07, 6.45) is 3.73. The fraction of sp³-hybridized carbons (Fsp3) is 0.643. The second-order valence-corrected chi connectivity index (χ2v) is 6.31. The number of nitrogens with one attached hydrogen (secondary N) is 1. The molecule has 1 atom stereocenters. The molecule has 0 bridgehead atoms. The number of fused-ring (bicyclic) bond motifs is 1. The largest absolute Gasteiger partial charge is 0.306 e. The van der Waals surface area contributed by atoms with E-state index < -0.39 is 0 Å². The molecule has 0 unspecified atom stereocenters. The van der Waals surface area contributed by atoms with Crippen molar-refractivity contribution in [3.05, 3.63) is 28.6 Å². The minimum absolute atomic E-state index is 0.378. The van der Waals surface area contributed by atoms with Gasteiger partial charge in [-0.2, -0.15) is 10.2 Å². The van der Waals surface area contributed by atoms with E-state index in [2.05, 4.69) is 34.3 Å². The average molecular weight is 309 g/mol. The van der Waals surface area contributed by atoms with Gasteiger partial charge in [-0.1, -0.05) is 25.4 Å². The fourth-order valence-corrected chi connectivity index (χ4v) is 2.85. The minimum Gasteiger partial charge on any atom is -0.306 e. The van der Waals surface area contributed by atoms with Crippen molar-refractivity contribution in [2.45, 2.75) is 51.7 Å². The Bertz CT molecular complexity index is 610. The highest BCUT2D eigenvalue weighted by atomic mass is 35.5. The molecule has 0 saturated heterocycles. The molecule has 1 aliphatic rings. The van der Waals surface area contributed by atoms with Crippen LogP contribution in [0.5, 0.6) is 0 Å². The molecule has 6 nitrogen and oxygen atoms in total. The quantitative estimate of drug-likeness (QED) is 0.937. The lowest BCUT2D eigenvalue weighted by molar-refractivity contribution is 0.354. The first kappa shape index (κ1) is 14.5. The predicted octanol–water partition coefficient (Wildman–Crippen LogP) is 1.89. The molecule has 7 heteroatoms. The van der Waals surface area contributed by atoms with Gasteiger partial charge in [0.1, 0.15) is 5.82 Å². The molecular formula is C14H21ClN6. The lowest BCUT2D eigenvalue weighted by atomic mass is 10.1. The van der Waals surface area contributed by atoms with Crippen LogP contribution in [0, 0.1) is 0 Å². The van der Waals surface area contributed by atoms with E-state index in [1.54, 1.807) is 6.20 Å². The van der Waals surface area contributed by atoms with Crippen molar-refractivity contribution in [1.29, 1.82) is 0 Å².